The van der Waals surface area contributed by atoms with E-state index in [4.69, 9.17) is 5.73 Å². The van der Waals surface area contributed by atoms with Crippen LogP contribution in [0.3, 0.4) is 0 Å². The van der Waals surface area contributed by atoms with Gasteiger partial charge in [-0.15, -0.1) is 0 Å². The van der Waals surface area contributed by atoms with E-state index in [1.165, 1.54) is 0 Å². The smallest absolute Gasteiger partial charge is 0.0923 e. The molecule has 0 bridgehead atoms. The average Bonchev–Trinajstić information content (AvgIpc) is 2.51. The molecule has 2 nitrogen and oxygen atoms in total. The van der Waals surface area contributed by atoms with E-state index in [9.17, 15) is 0 Å². The van der Waals surface area contributed by atoms with Gasteiger partial charge in [0.05, 0.1) is 5.66 Å². The third kappa shape index (κ3) is 5.86. The van der Waals surface area contributed by atoms with E-state index >= 15 is 0 Å². The molecular weight excluding hydrogens is 264 g/mol. The zero-order valence-electron chi connectivity index (χ0n) is 14.6. The molecule has 0 radical (unpaired) electrons. The summed E-state index contributed by atoms with van der Waals surface area (Å²) in [5, 5.41) is 0. The zero-order chi connectivity index (χ0) is 16.4. The summed E-state index contributed by atoms with van der Waals surface area (Å²) < 4.78 is 0. The highest BCUT2D eigenvalue weighted by atomic mass is 32.1. The fraction of sp³-hybridized carbons (Fsp3) is 0.647. The average molecular weight is 299 g/mol. The third-order valence-electron chi connectivity index (χ3n) is 3.35. The number of nitrogens with zero attached hydrogens (tertiary/aromatic N) is 1. The van der Waals surface area contributed by atoms with Gasteiger partial charge in [-0.2, -0.15) is 12.6 Å². The van der Waals surface area contributed by atoms with Crippen molar-refractivity contribution >= 4 is 12.6 Å². The minimum Gasteiger partial charge on any atom is -0.310 e. The summed E-state index contributed by atoms with van der Waals surface area (Å²) in [5.74, 6) is 0.767. The van der Waals surface area contributed by atoms with Crippen molar-refractivity contribution in [2.45, 2.75) is 59.7 Å². The monoisotopic (exact) mass is 298 g/mol. The summed E-state index contributed by atoms with van der Waals surface area (Å²) >= 11 is 4.39. The zero-order valence-corrected chi connectivity index (χ0v) is 15.5. The molecule has 2 N–H and O–H groups in total. The lowest BCUT2D eigenvalue weighted by molar-refractivity contribution is 0.0489. The van der Waals surface area contributed by atoms with Crippen LogP contribution in [-0.2, 0) is 5.66 Å². The molecule has 0 saturated heterocycles. The molecule has 0 aliphatic carbocycles. The number of hydrogen-bond acceptors (Lipinski definition) is 3. The second-order valence-electron chi connectivity index (χ2n) is 5.04. The number of benzene rings is 1. The van der Waals surface area contributed by atoms with Crippen LogP contribution in [0.1, 0.15) is 54.0 Å². The highest BCUT2D eigenvalue weighted by molar-refractivity contribution is 7.80. The fourth-order valence-corrected chi connectivity index (χ4v) is 1.92. The maximum atomic E-state index is 6.44. The Hall–Kier alpha value is -0.510. The number of nitrogens with two attached hydrogens (primary N) is 1. The summed E-state index contributed by atoms with van der Waals surface area (Å²) in [7, 11) is 2.04. The van der Waals surface area contributed by atoms with Crippen LogP contribution in [0, 0.1) is 0 Å². The van der Waals surface area contributed by atoms with Crippen molar-refractivity contribution in [2.24, 2.45) is 5.73 Å². The molecule has 20 heavy (non-hydrogen) atoms. The third-order valence-corrected chi connectivity index (χ3v) is 4.12. The van der Waals surface area contributed by atoms with E-state index in [1.807, 2.05) is 59.9 Å². The molecule has 0 aliphatic heterocycles. The first kappa shape index (κ1) is 21.8. The normalized spacial score (nSPS) is 13.6. The predicted molar refractivity (Wildman–Crippen MR) is 96.4 cm³/mol. The van der Waals surface area contributed by atoms with Gasteiger partial charge in [0.25, 0.3) is 0 Å². The highest BCUT2D eigenvalue weighted by Gasteiger charge is 2.35. The summed E-state index contributed by atoms with van der Waals surface area (Å²) in [6.07, 6.45) is 0. The summed E-state index contributed by atoms with van der Waals surface area (Å²) in [6.45, 7) is 14.3. The summed E-state index contributed by atoms with van der Waals surface area (Å²) in [5.41, 5.74) is 7.04. The molecule has 0 fully saturated rings. The first-order valence-corrected chi connectivity index (χ1v) is 8.15. The Morgan fingerprint density at radius 1 is 1.00 bits per heavy atom. The molecule has 1 atom stereocenters. The van der Waals surface area contributed by atoms with Crippen molar-refractivity contribution in [1.29, 1.82) is 0 Å². The van der Waals surface area contributed by atoms with E-state index < -0.39 is 5.66 Å². The lowest BCUT2D eigenvalue weighted by atomic mass is 9.95. The first-order chi connectivity index (χ1) is 9.32. The van der Waals surface area contributed by atoms with Crippen molar-refractivity contribution in [2.75, 3.05) is 12.8 Å². The van der Waals surface area contributed by atoms with Crippen LogP contribution in [0.4, 0.5) is 0 Å². The topological polar surface area (TPSA) is 29.3 Å². The SMILES string of the molecule is CC.CC.CN(C(C)(C)CS)C(C)(N)c1ccccc1. The minimum absolute atomic E-state index is 0.0392. The molecule has 0 aromatic heterocycles. The molecule has 0 aliphatic rings. The standard InChI is InChI=1S/C13H22N2S.2C2H6/c1-12(2,10-16)15(4)13(3,14)11-8-6-5-7-9-11;2*1-2/h5-9,16H,10,14H2,1-4H3;2*1-2H3. The van der Waals surface area contributed by atoms with E-state index in [0.29, 0.717) is 0 Å². The Kier molecular flexibility index (Phi) is 11.2. The molecule has 3 heteroatoms. The summed E-state index contributed by atoms with van der Waals surface area (Å²) in [6, 6.07) is 10.2. The van der Waals surface area contributed by atoms with Crippen molar-refractivity contribution < 1.29 is 0 Å². The van der Waals surface area contributed by atoms with Crippen LogP contribution in [0.2, 0.25) is 0 Å². The van der Waals surface area contributed by atoms with Gasteiger partial charge >= 0.3 is 0 Å². The molecule has 1 rings (SSSR count). The van der Waals surface area contributed by atoms with Gasteiger partial charge in [0.15, 0.2) is 0 Å². The maximum Gasteiger partial charge on any atom is 0.0923 e. The molecule has 0 saturated carbocycles. The van der Waals surface area contributed by atoms with Gasteiger partial charge in [0, 0.05) is 11.3 Å². The predicted octanol–water partition coefficient (Wildman–Crippen LogP) is 4.51. The van der Waals surface area contributed by atoms with Gasteiger partial charge in [-0.25, -0.2) is 0 Å². The Bertz CT molecular complexity index is 334. The Morgan fingerprint density at radius 3 is 1.75 bits per heavy atom. The van der Waals surface area contributed by atoms with Crippen molar-refractivity contribution in [3.05, 3.63) is 35.9 Å². The molecule has 1 aromatic carbocycles. The van der Waals surface area contributed by atoms with E-state index in [0.717, 1.165) is 11.3 Å². The van der Waals surface area contributed by atoms with Crippen LogP contribution in [0.25, 0.3) is 0 Å². The molecule has 1 aromatic rings. The molecule has 0 amide bonds. The largest absolute Gasteiger partial charge is 0.310 e. The maximum absolute atomic E-state index is 6.44. The van der Waals surface area contributed by atoms with Gasteiger partial charge in [-0.1, -0.05) is 58.0 Å². The van der Waals surface area contributed by atoms with Gasteiger partial charge in [0.2, 0.25) is 0 Å². The number of thiol groups is 1. The molecule has 118 valence electrons. The fourth-order valence-electron chi connectivity index (χ4n) is 1.70. The van der Waals surface area contributed by atoms with Gasteiger partial charge in [-0.05, 0) is 33.4 Å². The van der Waals surface area contributed by atoms with Crippen LogP contribution in [0.15, 0.2) is 30.3 Å². The molecule has 1 unspecified atom stereocenters. The highest BCUT2D eigenvalue weighted by Crippen LogP contribution is 2.28. The lowest BCUT2D eigenvalue weighted by Gasteiger charge is -2.45. The van der Waals surface area contributed by atoms with Gasteiger partial charge in [0.1, 0.15) is 0 Å². The van der Waals surface area contributed by atoms with Crippen LogP contribution < -0.4 is 5.73 Å². The molecule has 0 spiro atoms. The Labute approximate surface area is 132 Å². The van der Waals surface area contributed by atoms with E-state index in [-0.39, 0.29) is 5.54 Å². The summed E-state index contributed by atoms with van der Waals surface area (Å²) in [4.78, 5) is 2.17. The van der Waals surface area contributed by atoms with Crippen LogP contribution in [-0.4, -0.2) is 23.2 Å². The van der Waals surface area contributed by atoms with Crippen molar-refractivity contribution in [3.63, 3.8) is 0 Å². The van der Waals surface area contributed by atoms with E-state index in [1.54, 1.807) is 0 Å². The van der Waals surface area contributed by atoms with E-state index in [2.05, 4.69) is 43.5 Å². The Morgan fingerprint density at radius 2 is 1.40 bits per heavy atom. The van der Waals surface area contributed by atoms with Gasteiger partial charge in [-0.3, -0.25) is 4.90 Å². The minimum atomic E-state index is -0.479. The van der Waals surface area contributed by atoms with Crippen molar-refractivity contribution in [1.82, 2.24) is 4.90 Å². The van der Waals surface area contributed by atoms with Gasteiger partial charge < -0.3 is 5.73 Å². The van der Waals surface area contributed by atoms with Crippen LogP contribution in [0.5, 0.6) is 0 Å². The quantitative estimate of drug-likeness (QED) is 0.632. The molecular formula is C17H34N2S. The van der Waals surface area contributed by atoms with Crippen LogP contribution >= 0.6 is 12.6 Å². The second-order valence-corrected chi connectivity index (χ2v) is 5.36. The molecule has 0 heterocycles. The first-order valence-electron chi connectivity index (χ1n) is 7.51. The second kappa shape index (κ2) is 10.3. The number of rotatable bonds is 4. The Balaban J connectivity index is 0. The van der Waals surface area contributed by atoms with Crippen molar-refractivity contribution in [3.8, 4) is 0 Å². The lowest BCUT2D eigenvalue weighted by Crippen LogP contribution is -2.58. The number of hydrogen-bond donors (Lipinski definition) is 2.